The van der Waals surface area contributed by atoms with E-state index < -0.39 is 0 Å². The average Bonchev–Trinajstić information content (AvgIpc) is 3.09. The van der Waals surface area contributed by atoms with Gasteiger partial charge in [0.05, 0.1) is 11.9 Å². The first-order chi connectivity index (χ1) is 15.6. The van der Waals surface area contributed by atoms with Gasteiger partial charge in [0.1, 0.15) is 11.2 Å². The number of benzene rings is 2. The fraction of sp³-hybridized carbons (Fsp3) is 0.217. The number of para-hydroxylation sites is 1. The van der Waals surface area contributed by atoms with Crippen molar-refractivity contribution in [1.29, 1.82) is 0 Å². The molecule has 1 saturated heterocycles. The lowest BCUT2D eigenvalue weighted by Crippen LogP contribution is -2.36. The number of anilines is 1. The molecule has 162 valence electrons. The lowest BCUT2D eigenvalue weighted by molar-refractivity contribution is 0.0767. The molecular formula is C23H21FN6O2. The van der Waals surface area contributed by atoms with Gasteiger partial charge in [-0.3, -0.25) is 14.6 Å². The van der Waals surface area contributed by atoms with Crippen LogP contribution in [0.15, 0.2) is 65.6 Å². The Labute approximate surface area is 182 Å². The van der Waals surface area contributed by atoms with Gasteiger partial charge in [-0.1, -0.05) is 18.2 Å². The third-order valence-corrected chi connectivity index (χ3v) is 5.60. The number of carbonyl (C=O) groups excluding carboxylic acids is 1. The van der Waals surface area contributed by atoms with E-state index in [1.165, 1.54) is 30.5 Å². The van der Waals surface area contributed by atoms with E-state index in [0.717, 1.165) is 5.69 Å². The molecule has 0 unspecified atom stereocenters. The van der Waals surface area contributed by atoms with Crippen LogP contribution in [0.1, 0.15) is 16.8 Å². The van der Waals surface area contributed by atoms with Crippen LogP contribution in [-0.2, 0) is 0 Å². The van der Waals surface area contributed by atoms with Crippen LogP contribution in [0.3, 0.4) is 0 Å². The minimum absolute atomic E-state index is 0.133. The van der Waals surface area contributed by atoms with Gasteiger partial charge in [0.2, 0.25) is 5.95 Å². The van der Waals surface area contributed by atoms with E-state index in [1.807, 2.05) is 35.2 Å². The molecule has 0 radical (unpaired) electrons. The van der Waals surface area contributed by atoms with Crippen molar-refractivity contribution in [2.75, 3.05) is 31.1 Å². The summed E-state index contributed by atoms with van der Waals surface area (Å²) >= 11 is 0. The SMILES string of the molecule is O=C(c1ccc(F)cc1)N1CCCN(c2nc3c(cnn3-c3ccccc3)c(=O)[nH]2)CC1. The summed E-state index contributed by atoms with van der Waals surface area (Å²) in [5, 5.41) is 4.76. The summed E-state index contributed by atoms with van der Waals surface area (Å²) in [5.74, 6) is -0.0501. The first kappa shape index (κ1) is 19.9. The van der Waals surface area contributed by atoms with Crippen LogP contribution < -0.4 is 10.5 Å². The Morgan fingerprint density at radius 1 is 0.969 bits per heavy atom. The second-order valence-electron chi connectivity index (χ2n) is 7.66. The summed E-state index contributed by atoms with van der Waals surface area (Å²) in [6.45, 7) is 2.19. The van der Waals surface area contributed by atoms with E-state index in [2.05, 4.69) is 10.1 Å². The van der Waals surface area contributed by atoms with Gasteiger partial charge in [-0.25, -0.2) is 9.07 Å². The van der Waals surface area contributed by atoms with Gasteiger partial charge in [0.25, 0.3) is 11.5 Å². The molecule has 2 aromatic carbocycles. The number of amides is 1. The molecule has 1 fully saturated rings. The molecule has 5 rings (SSSR count). The molecule has 1 amide bonds. The predicted molar refractivity (Wildman–Crippen MR) is 119 cm³/mol. The molecule has 0 bridgehead atoms. The van der Waals surface area contributed by atoms with Gasteiger partial charge in [-0.15, -0.1) is 0 Å². The van der Waals surface area contributed by atoms with Gasteiger partial charge in [0.15, 0.2) is 5.65 Å². The van der Waals surface area contributed by atoms with Crippen molar-refractivity contribution < 1.29 is 9.18 Å². The van der Waals surface area contributed by atoms with Crippen LogP contribution in [0.5, 0.6) is 0 Å². The maximum Gasteiger partial charge on any atom is 0.263 e. The van der Waals surface area contributed by atoms with Crippen LogP contribution in [0.25, 0.3) is 16.7 Å². The molecule has 32 heavy (non-hydrogen) atoms. The highest BCUT2D eigenvalue weighted by molar-refractivity contribution is 5.94. The summed E-state index contributed by atoms with van der Waals surface area (Å²) < 4.78 is 14.8. The second kappa shape index (κ2) is 8.26. The number of hydrogen-bond donors (Lipinski definition) is 1. The number of hydrogen-bond acceptors (Lipinski definition) is 5. The largest absolute Gasteiger partial charge is 0.340 e. The minimum Gasteiger partial charge on any atom is -0.340 e. The Morgan fingerprint density at radius 3 is 2.53 bits per heavy atom. The second-order valence-corrected chi connectivity index (χ2v) is 7.66. The highest BCUT2D eigenvalue weighted by Gasteiger charge is 2.22. The molecule has 0 aliphatic carbocycles. The molecule has 3 heterocycles. The number of fused-ring (bicyclic) bond motifs is 1. The first-order valence-electron chi connectivity index (χ1n) is 10.4. The predicted octanol–water partition coefficient (Wildman–Crippen LogP) is 2.60. The zero-order valence-corrected chi connectivity index (χ0v) is 17.2. The van der Waals surface area contributed by atoms with Gasteiger partial charge in [0, 0.05) is 31.7 Å². The number of aromatic amines is 1. The van der Waals surface area contributed by atoms with Crippen LogP contribution in [0, 0.1) is 5.82 Å². The summed E-state index contributed by atoms with van der Waals surface area (Å²) in [6.07, 6.45) is 2.23. The number of halogens is 1. The average molecular weight is 432 g/mol. The maximum atomic E-state index is 13.2. The molecule has 0 spiro atoms. The van der Waals surface area contributed by atoms with Crippen LogP contribution in [-0.4, -0.2) is 56.7 Å². The van der Waals surface area contributed by atoms with Crippen LogP contribution in [0.2, 0.25) is 0 Å². The number of rotatable bonds is 3. The number of H-pyrrole nitrogens is 1. The van der Waals surface area contributed by atoms with E-state index in [0.29, 0.717) is 55.1 Å². The fourth-order valence-electron chi connectivity index (χ4n) is 3.92. The number of aromatic nitrogens is 4. The van der Waals surface area contributed by atoms with Gasteiger partial charge in [-0.05, 0) is 42.8 Å². The topological polar surface area (TPSA) is 87.1 Å². The van der Waals surface area contributed by atoms with Gasteiger partial charge < -0.3 is 9.80 Å². The summed E-state index contributed by atoms with van der Waals surface area (Å²) in [4.78, 5) is 36.8. The minimum atomic E-state index is -0.372. The van der Waals surface area contributed by atoms with Gasteiger partial charge >= 0.3 is 0 Å². The quantitative estimate of drug-likeness (QED) is 0.538. The molecule has 4 aromatic rings. The van der Waals surface area contributed by atoms with E-state index in [4.69, 9.17) is 4.98 Å². The third-order valence-electron chi connectivity index (χ3n) is 5.60. The Bertz CT molecular complexity index is 1320. The van der Waals surface area contributed by atoms with Crippen molar-refractivity contribution in [3.05, 3.63) is 82.5 Å². The summed E-state index contributed by atoms with van der Waals surface area (Å²) in [6, 6.07) is 15.1. The van der Waals surface area contributed by atoms with Crippen LogP contribution in [0.4, 0.5) is 10.3 Å². The Kier molecular flexibility index (Phi) is 5.14. The highest BCUT2D eigenvalue weighted by atomic mass is 19.1. The molecule has 1 N–H and O–H groups in total. The summed E-state index contributed by atoms with van der Waals surface area (Å²) in [7, 11) is 0. The van der Waals surface area contributed by atoms with Crippen molar-refractivity contribution in [2.45, 2.75) is 6.42 Å². The van der Waals surface area contributed by atoms with Crippen molar-refractivity contribution in [3.63, 3.8) is 0 Å². The maximum absolute atomic E-state index is 13.2. The molecule has 1 aliphatic heterocycles. The van der Waals surface area contributed by atoms with Crippen molar-refractivity contribution in [1.82, 2.24) is 24.6 Å². The smallest absolute Gasteiger partial charge is 0.263 e. The monoisotopic (exact) mass is 432 g/mol. The molecule has 2 aromatic heterocycles. The molecule has 1 aliphatic rings. The Morgan fingerprint density at radius 2 is 1.75 bits per heavy atom. The molecule has 0 atom stereocenters. The van der Waals surface area contributed by atoms with Crippen molar-refractivity contribution in [2.24, 2.45) is 0 Å². The zero-order chi connectivity index (χ0) is 22.1. The number of nitrogens with zero attached hydrogens (tertiary/aromatic N) is 5. The van der Waals surface area contributed by atoms with E-state index in [1.54, 1.807) is 9.58 Å². The summed E-state index contributed by atoms with van der Waals surface area (Å²) in [5.41, 5.74) is 1.51. The third kappa shape index (κ3) is 3.73. The van der Waals surface area contributed by atoms with Crippen molar-refractivity contribution in [3.8, 4) is 5.69 Å². The highest BCUT2D eigenvalue weighted by Crippen LogP contribution is 2.18. The van der Waals surface area contributed by atoms with Crippen molar-refractivity contribution >= 4 is 22.9 Å². The first-order valence-corrected chi connectivity index (χ1v) is 10.4. The van der Waals surface area contributed by atoms with Gasteiger partial charge in [-0.2, -0.15) is 10.1 Å². The number of carbonyl (C=O) groups is 1. The molecule has 8 nitrogen and oxygen atoms in total. The Hall–Kier alpha value is -4.01. The molecule has 0 saturated carbocycles. The van der Waals surface area contributed by atoms with E-state index in [9.17, 15) is 14.0 Å². The fourth-order valence-corrected chi connectivity index (χ4v) is 3.92. The molecular weight excluding hydrogens is 411 g/mol. The molecule has 9 heteroatoms. The Balaban J connectivity index is 1.40. The lowest BCUT2D eigenvalue weighted by atomic mass is 10.2. The van der Waals surface area contributed by atoms with E-state index in [-0.39, 0.29) is 17.3 Å². The number of nitrogens with one attached hydrogen (secondary N) is 1. The normalized spacial score (nSPS) is 14.5. The lowest BCUT2D eigenvalue weighted by Gasteiger charge is -2.22. The van der Waals surface area contributed by atoms with Crippen LogP contribution >= 0.6 is 0 Å². The zero-order valence-electron chi connectivity index (χ0n) is 17.2. The van der Waals surface area contributed by atoms with E-state index >= 15 is 0 Å². The standard InChI is InChI=1S/C23H21FN6O2/c24-17-9-7-16(8-10-17)22(32)28-11-4-12-29(14-13-28)23-26-20-19(21(31)27-23)15-25-30(20)18-5-2-1-3-6-18/h1-3,5-10,15H,4,11-14H2,(H,26,27,31).